The Labute approximate surface area is 118 Å². The van der Waals surface area contributed by atoms with Crippen LogP contribution in [0, 0.1) is 18.6 Å². The van der Waals surface area contributed by atoms with Crippen molar-refractivity contribution in [3.63, 3.8) is 0 Å². The maximum atomic E-state index is 13.4. The predicted molar refractivity (Wildman–Crippen MR) is 72.6 cm³/mol. The molecule has 1 aliphatic heterocycles. The largest absolute Gasteiger partial charge is 0.308 e. The van der Waals surface area contributed by atoms with Gasteiger partial charge in [-0.25, -0.2) is 8.78 Å². The summed E-state index contributed by atoms with van der Waals surface area (Å²) in [4.78, 5) is 11.6. The predicted octanol–water partition coefficient (Wildman–Crippen LogP) is 2.77. The van der Waals surface area contributed by atoms with Crippen LogP contribution in [0.25, 0.3) is 0 Å². The van der Waals surface area contributed by atoms with Gasteiger partial charge in [-0.15, -0.1) is 11.8 Å². The van der Waals surface area contributed by atoms with Crippen LogP contribution < -0.4 is 5.32 Å². The number of amides is 1. The highest BCUT2D eigenvalue weighted by Crippen LogP contribution is 2.42. The van der Waals surface area contributed by atoms with Crippen molar-refractivity contribution in [2.45, 2.75) is 12.2 Å². The molecule has 1 amide bonds. The van der Waals surface area contributed by atoms with Gasteiger partial charge in [-0.05, 0) is 24.6 Å². The Morgan fingerprint density at radius 2 is 2.00 bits per heavy atom. The van der Waals surface area contributed by atoms with Gasteiger partial charge in [-0.1, -0.05) is 0 Å². The van der Waals surface area contributed by atoms with Crippen LogP contribution in [0.5, 0.6) is 0 Å². The summed E-state index contributed by atoms with van der Waals surface area (Å²) in [6.45, 7) is 1.81. The third kappa shape index (κ3) is 2.29. The Hall–Kier alpha value is -1.89. The highest BCUT2D eigenvalue weighted by Gasteiger charge is 2.28. The number of aromatic nitrogens is 2. The van der Waals surface area contributed by atoms with Gasteiger partial charge >= 0.3 is 0 Å². The van der Waals surface area contributed by atoms with E-state index in [0.717, 1.165) is 17.3 Å². The second-order valence-electron chi connectivity index (χ2n) is 4.55. The van der Waals surface area contributed by atoms with E-state index in [1.54, 1.807) is 0 Å². The number of nitrogens with one attached hydrogen (secondary N) is 2. The SMILES string of the molecule is Cc1[nH]nc2c1[C@@H](c1cc(F)cc(F)c1)SCC(=O)N2. The van der Waals surface area contributed by atoms with Gasteiger partial charge in [0.1, 0.15) is 11.6 Å². The summed E-state index contributed by atoms with van der Waals surface area (Å²) in [6, 6.07) is 3.40. The lowest BCUT2D eigenvalue weighted by atomic mass is 10.0. The molecule has 2 aromatic rings. The number of fused-ring (bicyclic) bond motifs is 1. The van der Waals surface area contributed by atoms with Gasteiger partial charge in [0, 0.05) is 17.3 Å². The normalized spacial score (nSPS) is 18.4. The van der Waals surface area contributed by atoms with Crippen LogP contribution in [0.2, 0.25) is 0 Å². The van der Waals surface area contributed by atoms with Gasteiger partial charge in [0.05, 0.1) is 11.0 Å². The van der Waals surface area contributed by atoms with Crippen LogP contribution in [-0.4, -0.2) is 21.9 Å². The second-order valence-corrected chi connectivity index (χ2v) is 5.65. The summed E-state index contributed by atoms with van der Waals surface area (Å²) in [5.74, 6) is -0.813. The standard InChI is InChI=1S/C13H11F2N3OS/c1-6-11-12(7-2-8(14)4-9(15)3-7)20-5-10(19)16-13(11)18-17-6/h2-4,12H,5H2,1H3,(H2,16,17,18,19)/t12-/m1/s1. The molecule has 0 unspecified atom stereocenters. The molecular weight excluding hydrogens is 284 g/mol. The topological polar surface area (TPSA) is 57.8 Å². The second kappa shape index (κ2) is 4.90. The number of anilines is 1. The van der Waals surface area contributed by atoms with E-state index in [1.165, 1.54) is 23.9 Å². The number of rotatable bonds is 1. The maximum absolute atomic E-state index is 13.4. The average molecular weight is 295 g/mol. The Bertz CT molecular complexity index is 666. The number of hydrogen-bond donors (Lipinski definition) is 2. The minimum atomic E-state index is -0.633. The molecule has 2 N–H and O–H groups in total. The lowest BCUT2D eigenvalue weighted by Gasteiger charge is -2.15. The van der Waals surface area contributed by atoms with Crippen molar-refractivity contribution < 1.29 is 13.6 Å². The molecule has 1 aromatic heterocycles. The Morgan fingerprint density at radius 3 is 2.70 bits per heavy atom. The Balaban J connectivity index is 2.13. The number of hydrogen-bond acceptors (Lipinski definition) is 3. The fourth-order valence-electron chi connectivity index (χ4n) is 2.25. The molecule has 7 heteroatoms. The average Bonchev–Trinajstić information content (AvgIpc) is 2.63. The van der Waals surface area contributed by atoms with E-state index in [2.05, 4.69) is 15.5 Å². The first-order valence-corrected chi connectivity index (χ1v) is 7.02. The van der Waals surface area contributed by atoms with Crippen molar-refractivity contribution in [2.24, 2.45) is 0 Å². The van der Waals surface area contributed by atoms with Crippen molar-refractivity contribution in [1.29, 1.82) is 0 Å². The number of carbonyl (C=O) groups excluding carboxylic acids is 1. The third-order valence-corrected chi connectivity index (χ3v) is 4.35. The first-order chi connectivity index (χ1) is 9.54. The molecule has 0 radical (unpaired) electrons. The number of halogens is 2. The monoisotopic (exact) mass is 295 g/mol. The van der Waals surface area contributed by atoms with E-state index in [-0.39, 0.29) is 16.9 Å². The zero-order valence-electron chi connectivity index (χ0n) is 10.5. The Kier molecular flexibility index (Phi) is 3.21. The maximum Gasteiger partial charge on any atom is 0.235 e. The third-order valence-electron chi connectivity index (χ3n) is 3.08. The fourth-order valence-corrected chi connectivity index (χ4v) is 3.43. The lowest BCUT2D eigenvalue weighted by molar-refractivity contribution is -0.113. The molecule has 20 heavy (non-hydrogen) atoms. The van der Waals surface area contributed by atoms with Crippen molar-refractivity contribution in [3.05, 3.63) is 46.7 Å². The molecule has 0 bridgehead atoms. The lowest BCUT2D eigenvalue weighted by Crippen LogP contribution is -2.12. The van der Waals surface area contributed by atoms with Crippen LogP contribution in [0.4, 0.5) is 14.6 Å². The molecule has 0 saturated carbocycles. The van der Waals surface area contributed by atoms with Gasteiger partial charge in [-0.2, -0.15) is 5.10 Å². The summed E-state index contributed by atoms with van der Waals surface area (Å²) < 4.78 is 26.8. The summed E-state index contributed by atoms with van der Waals surface area (Å²) in [5.41, 5.74) is 2.00. The number of carbonyl (C=O) groups is 1. The van der Waals surface area contributed by atoms with Gasteiger partial charge < -0.3 is 5.32 Å². The molecule has 1 atom stereocenters. The number of benzene rings is 1. The van der Waals surface area contributed by atoms with Gasteiger partial charge in [-0.3, -0.25) is 9.89 Å². The number of H-pyrrole nitrogens is 1. The Morgan fingerprint density at radius 1 is 1.30 bits per heavy atom. The molecule has 1 aromatic carbocycles. The van der Waals surface area contributed by atoms with E-state index < -0.39 is 11.6 Å². The zero-order chi connectivity index (χ0) is 14.3. The quantitative estimate of drug-likeness (QED) is 0.850. The summed E-state index contributed by atoms with van der Waals surface area (Å²) in [6.07, 6.45) is 0. The minimum Gasteiger partial charge on any atom is -0.308 e. The zero-order valence-corrected chi connectivity index (χ0v) is 11.4. The van der Waals surface area contributed by atoms with Crippen molar-refractivity contribution in [3.8, 4) is 0 Å². The fraction of sp³-hybridized carbons (Fsp3) is 0.231. The first kappa shape index (κ1) is 13.1. The number of thioether (sulfide) groups is 1. The molecule has 2 heterocycles. The molecular formula is C13H11F2N3OS. The van der Waals surface area contributed by atoms with Crippen LogP contribution in [-0.2, 0) is 4.79 Å². The molecule has 3 rings (SSSR count). The van der Waals surface area contributed by atoms with Gasteiger partial charge in [0.2, 0.25) is 5.91 Å². The van der Waals surface area contributed by atoms with Crippen LogP contribution in [0.1, 0.15) is 22.1 Å². The van der Waals surface area contributed by atoms with E-state index in [4.69, 9.17) is 0 Å². The van der Waals surface area contributed by atoms with Gasteiger partial charge in [0.25, 0.3) is 0 Å². The van der Waals surface area contributed by atoms with Gasteiger partial charge in [0.15, 0.2) is 5.82 Å². The molecule has 104 valence electrons. The van der Waals surface area contributed by atoms with Crippen molar-refractivity contribution in [2.75, 3.05) is 11.1 Å². The highest BCUT2D eigenvalue weighted by atomic mass is 32.2. The van der Waals surface area contributed by atoms with Crippen molar-refractivity contribution in [1.82, 2.24) is 10.2 Å². The van der Waals surface area contributed by atoms with Crippen LogP contribution in [0.3, 0.4) is 0 Å². The van der Waals surface area contributed by atoms with E-state index >= 15 is 0 Å². The van der Waals surface area contributed by atoms with E-state index in [1.807, 2.05) is 6.92 Å². The molecule has 4 nitrogen and oxygen atoms in total. The molecule has 0 spiro atoms. The van der Waals surface area contributed by atoms with Crippen molar-refractivity contribution >= 4 is 23.5 Å². The minimum absolute atomic E-state index is 0.179. The first-order valence-electron chi connectivity index (χ1n) is 5.97. The number of nitrogens with zero attached hydrogens (tertiary/aromatic N) is 1. The number of aryl methyl sites for hydroxylation is 1. The van der Waals surface area contributed by atoms with Crippen LogP contribution >= 0.6 is 11.8 Å². The molecule has 1 aliphatic rings. The van der Waals surface area contributed by atoms with Crippen LogP contribution in [0.15, 0.2) is 18.2 Å². The highest BCUT2D eigenvalue weighted by molar-refractivity contribution is 8.00. The number of aromatic amines is 1. The van der Waals surface area contributed by atoms with E-state index in [0.29, 0.717) is 11.4 Å². The molecule has 0 fully saturated rings. The molecule has 0 aliphatic carbocycles. The summed E-state index contributed by atoms with van der Waals surface area (Å²) in [7, 11) is 0. The summed E-state index contributed by atoms with van der Waals surface area (Å²) >= 11 is 1.32. The molecule has 0 saturated heterocycles. The van der Waals surface area contributed by atoms with E-state index in [9.17, 15) is 13.6 Å². The summed E-state index contributed by atoms with van der Waals surface area (Å²) in [5, 5.41) is 9.16. The smallest absolute Gasteiger partial charge is 0.235 e.